The Morgan fingerprint density at radius 2 is 1.46 bits per heavy atom. The van der Waals surface area contributed by atoms with Crippen LogP contribution in [0.3, 0.4) is 0 Å². The first-order valence-electron chi connectivity index (χ1n) is 4.98. The molecule has 0 amide bonds. The predicted octanol–water partition coefficient (Wildman–Crippen LogP) is 0.116. The third kappa shape index (κ3) is 3.67. The van der Waals surface area contributed by atoms with Crippen LogP contribution in [0.5, 0.6) is 0 Å². The van der Waals surface area contributed by atoms with Crippen molar-refractivity contribution in [1.82, 2.24) is 0 Å². The summed E-state index contributed by atoms with van der Waals surface area (Å²) in [4.78, 5) is 0. The molecule has 0 fully saturated rings. The Labute approximate surface area is 84.6 Å². The molecule has 4 N–H and O–H groups in total. The molecule has 0 aromatic rings. The van der Waals surface area contributed by atoms with Gasteiger partial charge in [0.1, 0.15) is 6.17 Å². The van der Waals surface area contributed by atoms with Crippen molar-refractivity contribution >= 4 is 8.41 Å². The Morgan fingerprint density at radius 3 is 1.69 bits per heavy atom. The summed E-state index contributed by atoms with van der Waals surface area (Å²) in [6, 6.07) is 0. The van der Waals surface area contributed by atoms with Crippen LogP contribution in [-0.2, 0) is 0 Å². The number of hydrogen-bond donors (Lipinski definition) is 2. The van der Waals surface area contributed by atoms with Crippen LogP contribution in [0, 0.1) is 0 Å². The van der Waals surface area contributed by atoms with Crippen LogP contribution < -0.4 is 11.5 Å². The highest BCUT2D eigenvalue weighted by atomic mass is 15.4. The molecule has 0 heterocycles. The number of nitrogens with two attached hydrogens (primary N) is 2. The van der Waals surface area contributed by atoms with Gasteiger partial charge in [-0.3, -0.25) is 5.73 Å². The molecule has 0 saturated carbocycles. The van der Waals surface area contributed by atoms with E-state index in [2.05, 4.69) is 20.8 Å². The van der Waals surface area contributed by atoms with Crippen molar-refractivity contribution in [2.75, 3.05) is 26.2 Å². The Morgan fingerprint density at radius 1 is 1.08 bits per heavy atom. The van der Waals surface area contributed by atoms with Crippen LogP contribution in [0.4, 0.5) is 0 Å². The van der Waals surface area contributed by atoms with Gasteiger partial charge in [-0.05, 0) is 27.3 Å². The van der Waals surface area contributed by atoms with Gasteiger partial charge in [0.15, 0.2) is 0 Å². The molecule has 77 valence electrons. The molecule has 1 atom stereocenters. The fourth-order valence-corrected chi connectivity index (χ4v) is 1.82. The van der Waals surface area contributed by atoms with Gasteiger partial charge >= 0.3 is 0 Å². The minimum absolute atomic E-state index is 0. The maximum Gasteiger partial charge on any atom is 0.141 e. The minimum Gasteiger partial charge on any atom is -0.330 e. The largest absolute Gasteiger partial charge is 0.330 e. The molecular formula is C9H24BN3+. The van der Waals surface area contributed by atoms with Gasteiger partial charge in [0.2, 0.25) is 0 Å². The molecule has 0 rings (SSSR count). The Bertz CT molecular complexity index is 107. The fourth-order valence-electron chi connectivity index (χ4n) is 1.82. The van der Waals surface area contributed by atoms with E-state index in [0.717, 1.165) is 30.5 Å². The summed E-state index contributed by atoms with van der Waals surface area (Å²) in [6.45, 7) is 10.6. The molecule has 0 bridgehead atoms. The molecule has 0 aliphatic rings. The zero-order valence-corrected chi connectivity index (χ0v) is 9.29. The van der Waals surface area contributed by atoms with Gasteiger partial charge in [-0.2, -0.15) is 0 Å². The van der Waals surface area contributed by atoms with Gasteiger partial charge < -0.3 is 10.2 Å². The second kappa shape index (κ2) is 7.36. The molecule has 0 aromatic carbocycles. The van der Waals surface area contributed by atoms with Crippen LogP contribution in [0.25, 0.3) is 0 Å². The first-order chi connectivity index (χ1) is 5.66. The zero-order valence-electron chi connectivity index (χ0n) is 9.29. The van der Waals surface area contributed by atoms with E-state index < -0.39 is 0 Å². The van der Waals surface area contributed by atoms with E-state index in [4.69, 9.17) is 11.5 Å². The first kappa shape index (κ1) is 15.4. The molecule has 1 unspecified atom stereocenters. The van der Waals surface area contributed by atoms with E-state index in [9.17, 15) is 0 Å². The lowest BCUT2D eigenvalue weighted by Crippen LogP contribution is -2.59. The molecule has 0 aliphatic carbocycles. The van der Waals surface area contributed by atoms with Gasteiger partial charge in [0.05, 0.1) is 19.6 Å². The maximum atomic E-state index is 6.09. The van der Waals surface area contributed by atoms with Gasteiger partial charge in [-0.25, -0.2) is 0 Å². The second-order valence-corrected chi connectivity index (χ2v) is 3.31. The molecule has 3 nitrogen and oxygen atoms in total. The third-order valence-electron chi connectivity index (χ3n) is 3.06. The van der Waals surface area contributed by atoms with Crippen molar-refractivity contribution in [3.05, 3.63) is 0 Å². The molecule has 0 aromatic heterocycles. The Hall–Kier alpha value is -0.0551. The van der Waals surface area contributed by atoms with Crippen LogP contribution in [0.2, 0.25) is 0 Å². The third-order valence-corrected chi connectivity index (χ3v) is 3.06. The van der Waals surface area contributed by atoms with E-state index in [0.29, 0.717) is 6.54 Å². The standard InChI is InChI=1S/C9H24N3.B/c1-4-12(5-2,6-3)9(11)7-8-10;/h9H,4-8,10-11H2,1-3H3;/q+1;. The topological polar surface area (TPSA) is 52.0 Å². The highest BCUT2D eigenvalue weighted by molar-refractivity contribution is 5.75. The van der Waals surface area contributed by atoms with Crippen molar-refractivity contribution in [3.63, 3.8) is 0 Å². The minimum atomic E-state index is 0. The monoisotopic (exact) mass is 185 g/mol. The van der Waals surface area contributed by atoms with Crippen molar-refractivity contribution in [1.29, 1.82) is 0 Å². The van der Waals surface area contributed by atoms with Crippen molar-refractivity contribution < 1.29 is 4.48 Å². The van der Waals surface area contributed by atoms with E-state index in [1.54, 1.807) is 0 Å². The summed E-state index contributed by atoms with van der Waals surface area (Å²) in [5, 5.41) is 0. The molecule has 3 radical (unpaired) electrons. The van der Waals surface area contributed by atoms with Gasteiger partial charge in [0.25, 0.3) is 0 Å². The zero-order chi connectivity index (χ0) is 9.61. The normalized spacial score (nSPS) is 13.6. The second-order valence-electron chi connectivity index (χ2n) is 3.31. The number of hydrogen-bond acceptors (Lipinski definition) is 2. The summed E-state index contributed by atoms with van der Waals surface area (Å²) in [5.74, 6) is 0. The van der Waals surface area contributed by atoms with Gasteiger partial charge in [0, 0.05) is 14.8 Å². The van der Waals surface area contributed by atoms with E-state index in [1.807, 2.05) is 0 Å². The van der Waals surface area contributed by atoms with E-state index >= 15 is 0 Å². The van der Waals surface area contributed by atoms with Crippen molar-refractivity contribution in [2.24, 2.45) is 11.5 Å². The molecule has 0 saturated heterocycles. The smallest absolute Gasteiger partial charge is 0.141 e. The molecule has 0 spiro atoms. The summed E-state index contributed by atoms with van der Waals surface area (Å²) in [6.07, 6.45) is 1.14. The van der Waals surface area contributed by atoms with E-state index in [-0.39, 0.29) is 14.6 Å². The van der Waals surface area contributed by atoms with Crippen LogP contribution in [0.15, 0.2) is 0 Å². The predicted molar refractivity (Wildman–Crippen MR) is 59.3 cm³/mol. The quantitative estimate of drug-likeness (QED) is 0.350. The number of nitrogens with zero attached hydrogens (tertiary/aromatic N) is 1. The Kier molecular flexibility index (Phi) is 8.73. The number of rotatable bonds is 6. The summed E-state index contributed by atoms with van der Waals surface area (Å²) in [7, 11) is 0. The van der Waals surface area contributed by atoms with Crippen LogP contribution in [0.1, 0.15) is 27.2 Å². The van der Waals surface area contributed by atoms with Gasteiger partial charge in [-0.15, -0.1) is 0 Å². The van der Waals surface area contributed by atoms with Crippen molar-refractivity contribution in [2.45, 2.75) is 33.4 Å². The highest BCUT2D eigenvalue weighted by Crippen LogP contribution is 2.11. The summed E-state index contributed by atoms with van der Waals surface area (Å²) >= 11 is 0. The average Bonchev–Trinajstić information content (AvgIpc) is 2.09. The number of quaternary nitrogens is 1. The lowest BCUT2D eigenvalue weighted by atomic mass is 10.2. The highest BCUT2D eigenvalue weighted by Gasteiger charge is 2.27. The molecular weight excluding hydrogens is 161 g/mol. The van der Waals surface area contributed by atoms with Crippen LogP contribution in [-0.4, -0.2) is 45.2 Å². The van der Waals surface area contributed by atoms with Crippen molar-refractivity contribution in [3.8, 4) is 0 Å². The maximum absolute atomic E-state index is 6.09. The molecule has 0 aliphatic heterocycles. The average molecular weight is 185 g/mol. The lowest BCUT2D eigenvalue weighted by molar-refractivity contribution is -0.946. The van der Waals surface area contributed by atoms with Crippen LogP contribution >= 0.6 is 0 Å². The Balaban J connectivity index is 0. The fraction of sp³-hybridized carbons (Fsp3) is 1.00. The SMILES string of the molecule is CC[N+](CC)(CC)C(N)CCN.[B]. The first-order valence-corrected chi connectivity index (χ1v) is 4.98. The van der Waals surface area contributed by atoms with E-state index in [1.165, 1.54) is 0 Å². The molecule has 4 heteroatoms. The summed E-state index contributed by atoms with van der Waals surface area (Å²) in [5.41, 5.74) is 11.6. The summed E-state index contributed by atoms with van der Waals surface area (Å²) < 4.78 is 0.997. The molecule has 13 heavy (non-hydrogen) atoms. The van der Waals surface area contributed by atoms with Gasteiger partial charge in [-0.1, -0.05) is 0 Å². The lowest BCUT2D eigenvalue weighted by Gasteiger charge is -2.40.